The van der Waals surface area contributed by atoms with Gasteiger partial charge in [-0.25, -0.2) is 0 Å². The second-order valence-electron chi connectivity index (χ2n) is 5.51. The summed E-state index contributed by atoms with van der Waals surface area (Å²) in [4.78, 5) is 0. The van der Waals surface area contributed by atoms with Gasteiger partial charge in [0.2, 0.25) is 0 Å². The highest BCUT2D eigenvalue weighted by atomic mass is 15.1. The van der Waals surface area contributed by atoms with Gasteiger partial charge < -0.3 is 10.6 Å². The molecule has 2 heterocycles. The molecule has 80 valence electrons. The molecule has 14 heavy (non-hydrogen) atoms. The molecule has 1 saturated carbocycles. The Morgan fingerprint density at radius 1 is 0.929 bits per heavy atom. The van der Waals surface area contributed by atoms with Crippen LogP contribution in [0.3, 0.4) is 0 Å². The summed E-state index contributed by atoms with van der Waals surface area (Å²) >= 11 is 0. The number of nitrogens with one attached hydrogen (secondary N) is 2. The number of hydrogen-bond acceptors (Lipinski definition) is 2. The van der Waals surface area contributed by atoms with E-state index in [4.69, 9.17) is 0 Å². The third-order valence-electron chi connectivity index (χ3n) is 4.86. The maximum Gasteiger partial charge on any atom is 0.0238 e. The van der Waals surface area contributed by atoms with Crippen LogP contribution in [0.1, 0.15) is 32.6 Å². The van der Waals surface area contributed by atoms with E-state index in [-0.39, 0.29) is 0 Å². The zero-order valence-corrected chi connectivity index (χ0v) is 9.13. The molecule has 0 bridgehead atoms. The second-order valence-corrected chi connectivity index (χ2v) is 5.51. The van der Waals surface area contributed by atoms with Crippen LogP contribution in [0.25, 0.3) is 0 Å². The standard InChI is InChI=1S/C12H22N2/c1-8-9-4-2-3-5-11(9)14-12-7-13-6-10(8)12/h8-14H,2-7H2,1H3. The van der Waals surface area contributed by atoms with Crippen LogP contribution in [-0.2, 0) is 0 Å². The molecule has 5 atom stereocenters. The molecule has 2 saturated heterocycles. The van der Waals surface area contributed by atoms with Crippen molar-refractivity contribution in [2.75, 3.05) is 13.1 Å². The molecule has 3 fully saturated rings. The molecule has 0 amide bonds. The van der Waals surface area contributed by atoms with E-state index in [0.29, 0.717) is 0 Å². The molecule has 0 aromatic rings. The predicted octanol–water partition coefficient (Wildman–Crippen LogP) is 1.37. The SMILES string of the molecule is CC1C2CCCCC2NC2CNCC21. The monoisotopic (exact) mass is 194 g/mol. The van der Waals surface area contributed by atoms with Crippen LogP contribution in [0, 0.1) is 17.8 Å². The first-order valence-electron chi connectivity index (χ1n) is 6.33. The maximum absolute atomic E-state index is 3.89. The van der Waals surface area contributed by atoms with Crippen molar-refractivity contribution in [3.05, 3.63) is 0 Å². The minimum Gasteiger partial charge on any atom is -0.315 e. The molecular weight excluding hydrogens is 172 g/mol. The lowest BCUT2D eigenvalue weighted by molar-refractivity contribution is 0.0830. The first-order valence-corrected chi connectivity index (χ1v) is 6.33. The molecule has 2 aliphatic heterocycles. The Balaban J connectivity index is 1.79. The number of fused-ring (bicyclic) bond motifs is 2. The van der Waals surface area contributed by atoms with E-state index in [1.54, 1.807) is 0 Å². The van der Waals surface area contributed by atoms with Crippen molar-refractivity contribution in [1.29, 1.82) is 0 Å². The second kappa shape index (κ2) is 3.49. The Hall–Kier alpha value is -0.0800. The summed E-state index contributed by atoms with van der Waals surface area (Å²) < 4.78 is 0. The molecule has 0 spiro atoms. The van der Waals surface area contributed by atoms with Gasteiger partial charge in [-0.3, -0.25) is 0 Å². The van der Waals surface area contributed by atoms with Crippen molar-refractivity contribution in [2.24, 2.45) is 17.8 Å². The molecule has 0 aromatic carbocycles. The van der Waals surface area contributed by atoms with E-state index in [0.717, 1.165) is 29.8 Å². The smallest absolute Gasteiger partial charge is 0.0238 e. The molecule has 3 aliphatic rings. The third kappa shape index (κ3) is 1.31. The quantitative estimate of drug-likeness (QED) is 0.608. The number of hydrogen-bond donors (Lipinski definition) is 2. The first kappa shape index (κ1) is 9.17. The molecule has 2 nitrogen and oxygen atoms in total. The van der Waals surface area contributed by atoms with Crippen molar-refractivity contribution < 1.29 is 0 Å². The zero-order valence-electron chi connectivity index (χ0n) is 9.13. The van der Waals surface area contributed by atoms with E-state index in [1.807, 2.05) is 0 Å². The molecule has 0 aromatic heterocycles. The Bertz CT molecular complexity index is 216. The van der Waals surface area contributed by atoms with Gasteiger partial charge in [0, 0.05) is 18.6 Å². The van der Waals surface area contributed by atoms with Gasteiger partial charge in [-0.1, -0.05) is 19.8 Å². The number of rotatable bonds is 0. The molecule has 2 heteroatoms. The summed E-state index contributed by atoms with van der Waals surface area (Å²) in [6, 6.07) is 1.63. The average Bonchev–Trinajstić information content (AvgIpc) is 2.66. The first-order chi connectivity index (χ1) is 6.86. The van der Waals surface area contributed by atoms with Gasteiger partial charge in [-0.15, -0.1) is 0 Å². The van der Waals surface area contributed by atoms with E-state index in [2.05, 4.69) is 17.6 Å². The van der Waals surface area contributed by atoms with E-state index in [1.165, 1.54) is 38.8 Å². The molecular formula is C12H22N2. The van der Waals surface area contributed by atoms with Crippen LogP contribution >= 0.6 is 0 Å². The highest BCUT2D eigenvalue weighted by molar-refractivity contribution is 5.01. The fourth-order valence-electron chi connectivity index (χ4n) is 4.02. The van der Waals surface area contributed by atoms with Crippen LogP contribution in [-0.4, -0.2) is 25.2 Å². The topological polar surface area (TPSA) is 24.1 Å². The highest BCUT2D eigenvalue weighted by Crippen LogP contribution is 2.40. The van der Waals surface area contributed by atoms with Gasteiger partial charge >= 0.3 is 0 Å². The lowest BCUT2D eigenvalue weighted by atomic mass is 9.68. The Labute approximate surface area is 86.8 Å². The Morgan fingerprint density at radius 2 is 1.79 bits per heavy atom. The molecule has 2 N–H and O–H groups in total. The minimum atomic E-state index is 0.782. The lowest BCUT2D eigenvalue weighted by Gasteiger charge is -2.46. The van der Waals surface area contributed by atoms with Crippen molar-refractivity contribution >= 4 is 0 Å². The van der Waals surface area contributed by atoms with Gasteiger partial charge in [-0.2, -0.15) is 0 Å². The van der Waals surface area contributed by atoms with Crippen LogP contribution in [0.5, 0.6) is 0 Å². The Morgan fingerprint density at radius 3 is 2.71 bits per heavy atom. The third-order valence-corrected chi connectivity index (χ3v) is 4.86. The van der Waals surface area contributed by atoms with Crippen LogP contribution in [0.15, 0.2) is 0 Å². The maximum atomic E-state index is 3.89. The van der Waals surface area contributed by atoms with Gasteiger partial charge in [0.1, 0.15) is 0 Å². The van der Waals surface area contributed by atoms with Crippen molar-refractivity contribution in [1.82, 2.24) is 10.6 Å². The summed E-state index contributed by atoms with van der Waals surface area (Å²) in [6.07, 6.45) is 5.82. The normalized spacial score (nSPS) is 52.5. The fourth-order valence-corrected chi connectivity index (χ4v) is 4.02. The van der Waals surface area contributed by atoms with Gasteiger partial charge in [0.05, 0.1) is 0 Å². The van der Waals surface area contributed by atoms with Gasteiger partial charge in [0.15, 0.2) is 0 Å². The summed E-state index contributed by atoms with van der Waals surface area (Å²) in [7, 11) is 0. The van der Waals surface area contributed by atoms with E-state index >= 15 is 0 Å². The fraction of sp³-hybridized carbons (Fsp3) is 1.00. The van der Waals surface area contributed by atoms with Crippen molar-refractivity contribution in [3.63, 3.8) is 0 Å². The van der Waals surface area contributed by atoms with Crippen molar-refractivity contribution in [3.8, 4) is 0 Å². The van der Waals surface area contributed by atoms with Crippen LogP contribution < -0.4 is 10.6 Å². The predicted molar refractivity (Wildman–Crippen MR) is 58.2 cm³/mol. The highest BCUT2D eigenvalue weighted by Gasteiger charge is 2.44. The summed E-state index contributed by atoms with van der Waals surface area (Å²) in [6.45, 7) is 4.95. The van der Waals surface area contributed by atoms with Crippen molar-refractivity contribution in [2.45, 2.75) is 44.7 Å². The summed E-state index contributed by atoms with van der Waals surface area (Å²) in [5.41, 5.74) is 0. The lowest BCUT2D eigenvalue weighted by Crippen LogP contribution is -2.56. The van der Waals surface area contributed by atoms with Crippen LogP contribution in [0.4, 0.5) is 0 Å². The van der Waals surface area contributed by atoms with Gasteiger partial charge in [0.25, 0.3) is 0 Å². The van der Waals surface area contributed by atoms with E-state index < -0.39 is 0 Å². The zero-order chi connectivity index (χ0) is 9.54. The number of piperidine rings is 1. The Kier molecular flexibility index (Phi) is 2.29. The average molecular weight is 194 g/mol. The minimum absolute atomic E-state index is 0.782. The molecule has 1 aliphatic carbocycles. The molecule has 3 rings (SSSR count). The summed E-state index contributed by atoms with van der Waals surface area (Å²) in [5.74, 6) is 2.83. The van der Waals surface area contributed by atoms with Crippen LogP contribution in [0.2, 0.25) is 0 Å². The van der Waals surface area contributed by atoms with Gasteiger partial charge in [-0.05, 0) is 37.1 Å². The molecule has 5 unspecified atom stereocenters. The largest absolute Gasteiger partial charge is 0.315 e. The molecule has 0 radical (unpaired) electrons. The van der Waals surface area contributed by atoms with E-state index in [9.17, 15) is 0 Å². The summed E-state index contributed by atoms with van der Waals surface area (Å²) in [5, 5.41) is 7.43.